The number of nitrogens with one attached hydrogen (secondary N) is 2. The molecule has 0 spiro atoms. The first-order chi connectivity index (χ1) is 9.52. The molecule has 5 nitrogen and oxygen atoms in total. The SMILES string of the molecule is CC1(C)C(NC(=O)N[C@@H]2C=C[C@H](CO)C2)C2CCOC21. The number of aliphatic hydroxyl groups is 1. The minimum absolute atomic E-state index is 0.0116. The Hall–Kier alpha value is -1.07. The number of carbonyl (C=O) groups excluding carboxylic acids is 1. The molecule has 2 aliphatic carbocycles. The van der Waals surface area contributed by atoms with E-state index >= 15 is 0 Å². The lowest BCUT2D eigenvalue weighted by molar-refractivity contribution is -0.108. The van der Waals surface area contributed by atoms with Crippen LogP contribution in [0, 0.1) is 17.3 Å². The largest absolute Gasteiger partial charge is 0.396 e. The number of hydrogen-bond acceptors (Lipinski definition) is 3. The van der Waals surface area contributed by atoms with Crippen molar-refractivity contribution in [2.24, 2.45) is 17.3 Å². The van der Waals surface area contributed by atoms with Crippen molar-refractivity contribution in [3.63, 3.8) is 0 Å². The summed E-state index contributed by atoms with van der Waals surface area (Å²) in [4.78, 5) is 12.1. The van der Waals surface area contributed by atoms with Gasteiger partial charge in [-0.1, -0.05) is 26.0 Å². The highest BCUT2D eigenvalue weighted by Gasteiger charge is 2.59. The molecule has 3 unspecified atom stereocenters. The molecule has 1 saturated heterocycles. The number of carbonyl (C=O) groups is 1. The molecule has 0 radical (unpaired) electrons. The maximum absolute atomic E-state index is 12.1. The molecule has 0 aromatic rings. The van der Waals surface area contributed by atoms with Crippen molar-refractivity contribution in [2.75, 3.05) is 13.2 Å². The summed E-state index contributed by atoms with van der Waals surface area (Å²) in [6, 6.07) is 0.113. The minimum atomic E-state index is -0.110. The molecule has 5 heteroatoms. The molecule has 0 aromatic carbocycles. The van der Waals surface area contributed by atoms with Gasteiger partial charge >= 0.3 is 6.03 Å². The van der Waals surface area contributed by atoms with Gasteiger partial charge in [0.05, 0.1) is 6.10 Å². The van der Waals surface area contributed by atoms with Gasteiger partial charge in [-0.15, -0.1) is 0 Å². The normalized spacial score (nSPS) is 41.0. The zero-order chi connectivity index (χ0) is 14.3. The molecule has 112 valence electrons. The van der Waals surface area contributed by atoms with E-state index in [1.165, 1.54) is 0 Å². The van der Waals surface area contributed by atoms with Crippen molar-refractivity contribution in [3.05, 3.63) is 12.2 Å². The summed E-state index contributed by atoms with van der Waals surface area (Å²) >= 11 is 0. The highest BCUT2D eigenvalue weighted by atomic mass is 16.5. The standard InChI is InChI=1S/C15H24N2O3/c1-15(2)12(11-5-6-20-13(11)15)17-14(19)16-10-4-3-9(7-10)8-18/h3-4,9-13,18H,5-8H2,1-2H3,(H2,16,17,19)/t9-,10+,11?,12?,13?/m0/s1. The van der Waals surface area contributed by atoms with Gasteiger partial charge in [0.15, 0.2) is 0 Å². The highest BCUT2D eigenvalue weighted by molar-refractivity contribution is 5.75. The number of ether oxygens (including phenoxy) is 1. The topological polar surface area (TPSA) is 70.6 Å². The van der Waals surface area contributed by atoms with Crippen LogP contribution in [-0.2, 0) is 4.74 Å². The number of hydrogen-bond donors (Lipinski definition) is 3. The fourth-order valence-corrected chi connectivity index (χ4v) is 3.99. The van der Waals surface area contributed by atoms with E-state index in [1.54, 1.807) is 0 Å². The molecule has 3 N–H and O–H groups in total. The van der Waals surface area contributed by atoms with Crippen LogP contribution in [0.1, 0.15) is 26.7 Å². The van der Waals surface area contributed by atoms with Gasteiger partial charge in [-0.2, -0.15) is 0 Å². The maximum Gasteiger partial charge on any atom is 0.315 e. The lowest BCUT2D eigenvalue weighted by Gasteiger charge is -2.54. The summed E-state index contributed by atoms with van der Waals surface area (Å²) < 4.78 is 5.73. The first-order valence-corrected chi connectivity index (χ1v) is 7.50. The Morgan fingerprint density at radius 1 is 1.40 bits per heavy atom. The summed E-state index contributed by atoms with van der Waals surface area (Å²) in [6.45, 7) is 5.26. The van der Waals surface area contributed by atoms with E-state index < -0.39 is 0 Å². The first kappa shape index (κ1) is 13.9. The van der Waals surface area contributed by atoms with Crippen molar-refractivity contribution >= 4 is 6.03 Å². The maximum atomic E-state index is 12.1. The highest BCUT2D eigenvalue weighted by Crippen LogP contribution is 2.52. The fraction of sp³-hybridized carbons (Fsp3) is 0.800. The van der Waals surface area contributed by atoms with Crippen LogP contribution in [0.15, 0.2) is 12.2 Å². The Morgan fingerprint density at radius 3 is 2.90 bits per heavy atom. The smallest absolute Gasteiger partial charge is 0.315 e. The fourth-order valence-electron chi connectivity index (χ4n) is 3.99. The van der Waals surface area contributed by atoms with Gasteiger partial charge < -0.3 is 20.5 Å². The monoisotopic (exact) mass is 280 g/mol. The second-order valence-corrected chi connectivity index (χ2v) is 6.83. The second kappa shape index (κ2) is 5.04. The molecule has 2 amide bonds. The van der Waals surface area contributed by atoms with Crippen molar-refractivity contribution in [1.29, 1.82) is 0 Å². The summed E-state index contributed by atoms with van der Waals surface area (Å²) in [5, 5.41) is 15.2. The Morgan fingerprint density at radius 2 is 2.20 bits per heavy atom. The van der Waals surface area contributed by atoms with Crippen molar-refractivity contribution in [1.82, 2.24) is 10.6 Å². The molecule has 0 bridgehead atoms. The predicted molar refractivity (Wildman–Crippen MR) is 75.2 cm³/mol. The number of aliphatic hydroxyl groups excluding tert-OH is 1. The van der Waals surface area contributed by atoms with Gasteiger partial charge in [0.25, 0.3) is 0 Å². The van der Waals surface area contributed by atoms with Gasteiger partial charge in [0, 0.05) is 42.5 Å². The summed E-state index contributed by atoms with van der Waals surface area (Å²) in [7, 11) is 0. The predicted octanol–water partition coefficient (Wildman–Crippen LogP) is 1.04. The van der Waals surface area contributed by atoms with E-state index in [9.17, 15) is 4.79 Å². The lowest BCUT2D eigenvalue weighted by atomic mass is 9.57. The van der Waals surface area contributed by atoms with Gasteiger partial charge in [0.1, 0.15) is 0 Å². The Labute approximate surface area is 119 Å². The van der Waals surface area contributed by atoms with Crippen molar-refractivity contribution in [3.8, 4) is 0 Å². The molecule has 2 fully saturated rings. The Kier molecular flexibility index (Phi) is 3.50. The van der Waals surface area contributed by atoms with Crippen molar-refractivity contribution < 1.29 is 14.6 Å². The minimum Gasteiger partial charge on any atom is -0.396 e. The molecule has 0 aromatic heterocycles. The van der Waals surface area contributed by atoms with Crippen LogP contribution in [0.5, 0.6) is 0 Å². The van der Waals surface area contributed by atoms with Crippen molar-refractivity contribution in [2.45, 2.75) is 44.9 Å². The molecule has 3 rings (SSSR count). The molecule has 20 heavy (non-hydrogen) atoms. The summed E-state index contributed by atoms with van der Waals surface area (Å²) in [5.41, 5.74) is 0.0116. The van der Waals surface area contributed by atoms with E-state index in [-0.39, 0.29) is 42.2 Å². The van der Waals surface area contributed by atoms with Crippen LogP contribution in [-0.4, -0.2) is 42.5 Å². The molecule has 1 heterocycles. The van der Waals surface area contributed by atoms with Gasteiger partial charge in [0.2, 0.25) is 0 Å². The lowest BCUT2D eigenvalue weighted by Crippen LogP contribution is -2.68. The van der Waals surface area contributed by atoms with Crippen LogP contribution < -0.4 is 10.6 Å². The molecule has 3 aliphatic rings. The average molecular weight is 280 g/mol. The van der Waals surface area contributed by atoms with Crippen LogP contribution in [0.25, 0.3) is 0 Å². The Bertz CT molecular complexity index is 421. The first-order valence-electron chi connectivity index (χ1n) is 7.50. The third-order valence-corrected chi connectivity index (χ3v) is 5.11. The number of amides is 2. The number of fused-ring (bicyclic) bond motifs is 1. The molecular weight excluding hydrogens is 256 g/mol. The Balaban J connectivity index is 1.51. The second-order valence-electron chi connectivity index (χ2n) is 6.83. The third-order valence-electron chi connectivity index (χ3n) is 5.11. The van der Waals surface area contributed by atoms with Crippen LogP contribution in [0.3, 0.4) is 0 Å². The van der Waals surface area contributed by atoms with E-state index in [4.69, 9.17) is 9.84 Å². The van der Waals surface area contributed by atoms with E-state index in [0.29, 0.717) is 5.92 Å². The van der Waals surface area contributed by atoms with E-state index in [0.717, 1.165) is 19.4 Å². The van der Waals surface area contributed by atoms with Crippen LogP contribution in [0.2, 0.25) is 0 Å². The van der Waals surface area contributed by atoms with E-state index in [1.807, 2.05) is 12.2 Å². The average Bonchev–Trinajstić information content (AvgIpc) is 3.03. The van der Waals surface area contributed by atoms with Gasteiger partial charge in [-0.05, 0) is 12.8 Å². The molecular formula is C15H24N2O3. The quantitative estimate of drug-likeness (QED) is 0.676. The summed E-state index contributed by atoms with van der Waals surface area (Å²) in [5.74, 6) is 0.633. The molecule has 5 atom stereocenters. The van der Waals surface area contributed by atoms with Crippen LogP contribution in [0.4, 0.5) is 4.79 Å². The van der Waals surface area contributed by atoms with Gasteiger partial charge in [-0.3, -0.25) is 0 Å². The zero-order valence-electron chi connectivity index (χ0n) is 12.1. The summed E-state index contributed by atoms with van der Waals surface area (Å²) in [6.07, 6.45) is 6.05. The zero-order valence-corrected chi connectivity index (χ0v) is 12.1. The number of urea groups is 1. The third kappa shape index (κ3) is 2.23. The number of rotatable bonds is 3. The molecule has 1 saturated carbocycles. The van der Waals surface area contributed by atoms with Gasteiger partial charge in [-0.25, -0.2) is 4.79 Å². The molecule has 1 aliphatic heterocycles. The van der Waals surface area contributed by atoms with Crippen LogP contribution >= 0.6 is 0 Å². The van der Waals surface area contributed by atoms with E-state index in [2.05, 4.69) is 24.5 Å².